The van der Waals surface area contributed by atoms with E-state index in [1.54, 1.807) is 6.92 Å². The number of hydrogen-bond donors (Lipinski definition) is 0. The molecule has 0 aromatic rings. The van der Waals surface area contributed by atoms with Crippen LogP contribution in [0, 0.1) is 11.3 Å². The summed E-state index contributed by atoms with van der Waals surface area (Å²) in [6, 6.07) is 0. The second kappa shape index (κ2) is 1.03. The highest BCUT2D eigenvalue weighted by atomic mass is 16.6. The van der Waals surface area contributed by atoms with E-state index < -0.39 is 5.41 Å². The first kappa shape index (κ1) is 4.97. The minimum atomic E-state index is -0.420. The lowest BCUT2D eigenvalue weighted by Gasteiger charge is -1.95. The van der Waals surface area contributed by atoms with Crippen molar-refractivity contribution in [3.8, 4) is 0 Å². The molecule has 0 spiro atoms. The van der Waals surface area contributed by atoms with E-state index in [4.69, 9.17) is 0 Å². The van der Waals surface area contributed by atoms with Crippen LogP contribution < -0.4 is 0 Å². The summed E-state index contributed by atoms with van der Waals surface area (Å²) in [5.74, 6) is -0.773. The molecule has 1 heterocycles. The van der Waals surface area contributed by atoms with E-state index >= 15 is 0 Å². The van der Waals surface area contributed by atoms with Crippen molar-refractivity contribution in [2.45, 2.75) is 13.3 Å². The fourth-order valence-corrected chi connectivity index (χ4v) is 1.21. The molecule has 2 unspecified atom stereocenters. The third-order valence-corrected chi connectivity index (χ3v) is 2.18. The molecule has 2 aliphatic rings. The van der Waals surface area contributed by atoms with E-state index in [-0.39, 0.29) is 17.9 Å². The third-order valence-electron chi connectivity index (χ3n) is 2.18. The van der Waals surface area contributed by atoms with Gasteiger partial charge < -0.3 is 4.74 Å². The molecule has 1 aliphatic carbocycles. The summed E-state index contributed by atoms with van der Waals surface area (Å²) >= 11 is 0. The van der Waals surface area contributed by atoms with Crippen LogP contribution in [0.1, 0.15) is 13.3 Å². The number of carbonyl (C=O) groups excluding carboxylic acids is 2. The van der Waals surface area contributed by atoms with E-state index in [9.17, 15) is 9.59 Å². The highest BCUT2D eigenvalue weighted by Gasteiger charge is 2.67. The maximum Gasteiger partial charge on any atom is 0.320 e. The number of carbonyl (C=O) groups is 2. The minimum absolute atomic E-state index is 0.106. The molecule has 0 amide bonds. The maximum absolute atomic E-state index is 10.7. The lowest BCUT2D eigenvalue weighted by atomic mass is 10.1. The van der Waals surface area contributed by atoms with Crippen LogP contribution in [0.3, 0.4) is 0 Å². The molecule has 2 rings (SSSR count). The fraction of sp³-hybridized carbons (Fsp3) is 0.667. The van der Waals surface area contributed by atoms with E-state index in [0.717, 1.165) is 0 Å². The van der Waals surface area contributed by atoms with Gasteiger partial charge in [-0.2, -0.15) is 0 Å². The SMILES string of the molecule is CC12CC1C(=O)OC2=O. The summed E-state index contributed by atoms with van der Waals surface area (Å²) < 4.78 is 4.35. The molecular weight excluding hydrogens is 120 g/mol. The zero-order valence-electron chi connectivity index (χ0n) is 5.01. The smallest absolute Gasteiger partial charge is 0.320 e. The lowest BCUT2D eigenvalue weighted by molar-refractivity contribution is -0.156. The van der Waals surface area contributed by atoms with Crippen LogP contribution >= 0.6 is 0 Å². The van der Waals surface area contributed by atoms with Crippen LogP contribution in [0.4, 0.5) is 0 Å². The summed E-state index contributed by atoms with van der Waals surface area (Å²) in [6.45, 7) is 1.77. The van der Waals surface area contributed by atoms with Crippen LogP contribution in [0.5, 0.6) is 0 Å². The van der Waals surface area contributed by atoms with Gasteiger partial charge in [-0.15, -0.1) is 0 Å². The zero-order valence-corrected chi connectivity index (χ0v) is 5.01. The standard InChI is InChI=1S/C6H6O3/c1-6-2-3(6)4(7)9-5(6)8/h3H,2H2,1H3. The molecular formula is C6H6O3. The number of ether oxygens (including phenoxy) is 1. The van der Waals surface area contributed by atoms with Crippen molar-refractivity contribution in [2.75, 3.05) is 0 Å². The quantitative estimate of drug-likeness (QED) is 0.341. The molecule has 48 valence electrons. The number of rotatable bonds is 0. The fourth-order valence-electron chi connectivity index (χ4n) is 1.21. The van der Waals surface area contributed by atoms with Gasteiger partial charge in [0, 0.05) is 0 Å². The van der Waals surface area contributed by atoms with Crippen molar-refractivity contribution in [3.63, 3.8) is 0 Å². The van der Waals surface area contributed by atoms with E-state index in [2.05, 4.69) is 4.74 Å². The molecule has 0 radical (unpaired) electrons. The van der Waals surface area contributed by atoms with Gasteiger partial charge in [-0.1, -0.05) is 0 Å². The Morgan fingerprint density at radius 1 is 1.67 bits per heavy atom. The molecule has 0 N–H and O–H groups in total. The summed E-state index contributed by atoms with van der Waals surface area (Å²) in [5, 5.41) is 0. The highest BCUT2D eigenvalue weighted by molar-refractivity contribution is 6.03. The van der Waals surface area contributed by atoms with E-state index in [1.165, 1.54) is 0 Å². The summed E-state index contributed by atoms with van der Waals surface area (Å²) in [6.07, 6.45) is 0.699. The van der Waals surface area contributed by atoms with Crippen molar-refractivity contribution in [1.29, 1.82) is 0 Å². The zero-order chi connectivity index (χ0) is 6.65. The predicted octanol–water partition coefficient (Wildman–Crippen LogP) is 0.0960. The first-order valence-corrected chi connectivity index (χ1v) is 2.91. The summed E-state index contributed by atoms with van der Waals surface area (Å²) in [7, 11) is 0. The molecule has 9 heavy (non-hydrogen) atoms. The monoisotopic (exact) mass is 126 g/mol. The molecule has 2 atom stereocenters. The normalized spacial score (nSPS) is 46.6. The number of cyclic esters (lactones) is 2. The Morgan fingerprint density at radius 2 is 2.33 bits per heavy atom. The van der Waals surface area contributed by atoms with Crippen molar-refractivity contribution in [2.24, 2.45) is 11.3 Å². The lowest BCUT2D eigenvalue weighted by Crippen LogP contribution is -2.09. The Balaban J connectivity index is 2.38. The first-order chi connectivity index (χ1) is 4.14. The largest absolute Gasteiger partial charge is 0.392 e. The summed E-state index contributed by atoms with van der Waals surface area (Å²) in [4.78, 5) is 21.3. The predicted molar refractivity (Wildman–Crippen MR) is 27.3 cm³/mol. The van der Waals surface area contributed by atoms with Crippen LogP contribution in [0.2, 0.25) is 0 Å². The Labute approximate surface area is 52.0 Å². The molecule has 1 saturated heterocycles. The average molecular weight is 126 g/mol. The molecule has 1 saturated carbocycles. The number of esters is 2. The van der Waals surface area contributed by atoms with Gasteiger partial charge >= 0.3 is 11.9 Å². The molecule has 0 aromatic carbocycles. The van der Waals surface area contributed by atoms with Crippen LogP contribution in [-0.4, -0.2) is 11.9 Å². The molecule has 0 aromatic heterocycles. The van der Waals surface area contributed by atoms with Gasteiger partial charge in [-0.25, -0.2) is 0 Å². The topological polar surface area (TPSA) is 43.4 Å². The van der Waals surface area contributed by atoms with Crippen LogP contribution in [-0.2, 0) is 14.3 Å². The molecule has 2 fully saturated rings. The Hall–Kier alpha value is -0.860. The van der Waals surface area contributed by atoms with Gasteiger partial charge in [0.2, 0.25) is 0 Å². The van der Waals surface area contributed by atoms with Gasteiger partial charge in [-0.05, 0) is 13.3 Å². The highest BCUT2D eigenvalue weighted by Crippen LogP contribution is 2.57. The average Bonchev–Trinajstić information content (AvgIpc) is 2.38. The Bertz CT molecular complexity index is 208. The van der Waals surface area contributed by atoms with Gasteiger partial charge in [-0.3, -0.25) is 9.59 Å². The van der Waals surface area contributed by atoms with Crippen molar-refractivity contribution >= 4 is 11.9 Å². The van der Waals surface area contributed by atoms with Gasteiger partial charge in [0.15, 0.2) is 0 Å². The number of hydrogen-bond acceptors (Lipinski definition) is 3. The Kier molecular flexibility index (Phi) is 0.570. The van der Waals surface area contributed by atoms with Gasteiger partial charge in [0.1, 0.15) is 0 Å². The molecule has 3 nitrogen and oxygen atoms in total. The van der Waals surface area contributed by atoms with Crippen molar-refractivity contribution < 1.29 is 14.3 Å². The van der Waals surface area contributed by atoms with Crippen molar-refractivity contribution in [3.05, 3.63) is 0 Å². The second-order valence-electron chi connectivity index (χ2n) is 2.88. The molecule has 1 aliphatic heterocycles. The van der Waals surface area contributed by atoms with Crippen molar-refractivity contribution in [1.82, 2.24) is 0 Å². The molecule has 0 bridgehead atoms. The maximum atomic E-state index is 10.7. The number of fused-ring (bicyclic) bond motifs is 1. The Morgan fingerprint density at radius 3 is 2.44 bits per heavy atom. The van der Waals surface area contributed by atoms with Crippen LogP contribution in [0.15, 0.2) is 0 Å². The summed E-state index contributed by atoms with van der Waals surface area (Å²) in [5.41, 5.74) is -0.420. The van der Waals surface area contributed by atoms with E-state index in [1.807, 2.05) is 0 Å². The minimum Gasteiger partial charge on any atom is -0.392 e. The van der Waals surface area contributed by atoms with Gasteiger partial charge in [0.05, 0.1) is 11.3 Å². The van der Waals surface area contributed by atoms with Gasteiger partial charge in [0.25, 0.3) is 0 Å². The first-order valence-electron chi connectivity index (χ1n) is 2.91. The second-order valence-corrected chi connectivity index (χ2v) is 2.88. The van der Waals surface area contributed by atoms with Crippen LogP contribution in [0.25, 0.3) is 0 Å². The molecule has 3 heteroatoms. The van der Waals surface area contributed by atoms with E-state index in [0.29, 0.717) is 6.42 Å². The third kappa shape index (κ3) is 0.385.